The van der Waals surface area contributed by atoms with Gasteiger partial charge < -0.3 is 15.7 Å². The minimum absolute atomic E-state index is 0.00843. The molecule has 18 heavy (non-hydrogen) atoms. The Kier molecular flexibility index (Phi) is 2.70. The molecular weight excluding hydrogens is 230 g/mol. The molecule has 0 bridgehead atoms. The van der Waals surface area contributed by atoms with E-state index in [0.717, 1.165) is 32.4 Å². The Bertz CT molecular complexity index is 469. The number of carbonyl (C=O) groups excluding carboxylic acids is 1. The van der Waals surface area contributed by atoms with Crippen LogP contribution in [0.2, 0.25) is 0 Å². The minimum atomic E-state index is -0.00843. The van der Waals surface area contributed by atoms with E-state index < -0.39 is 0 Å². The van der Waals surface area contributed by atoms with Gasteiger partial charge in [-0.1, -0.05) is 0 Å². The van der Waals surface area contributed by atoms with Gasteiger partial charge in [0, 0.05) is 12.1 Å². The van der Waals surface area contributed by atoms with E-state index >= 15 is 0 Å². The molecule has 3 N–H and O–H groups in total. The fourth-order valence-corrected chi connectivity index (χ4v) is 2.89. The lowest BCUT2D eigenvalue weighted by molar-refractivity contribution is -0.118. The van der Waals surface area contributed by atoms with Gasteiger partial charge >= 0.3 is 0 Å². The molecule has 1 unspecified atom stereocenters. The Morgan fingerprint density at radius 2 is 2.28 bits per heavy atom. The topological polar surface area (TPSA) is 74.2 Å². The molecule has 96 valence electrons. The second kappa shape index (κ2) is 4.24. The summed E-state index contributed by atoms with van der Waals surface area (Å²) in [6, 6.07) is 3.16. The Hall–Kier alpha value is -1.62. The van der Waals surface area contributed by atoms with Crippen LogP contribution in [0.3, 0.4) is 0 Å². The number of pyridine rings is 1. The molecule has 2 aliphatic rings. The molecule has 0 aromatic carbocycles. The summed E-state index contributed by atoms with van der Waals surface area (Å²) in [6.45, 7) is 2.00. The molecule has 5 nitrogen and oxygen atoms in total. The Labute approximate surface area is 106 Å². The van der Waals surface area contributed by atoms with E-state index in [0.29, 0.717) is 0 Å². The smallest absolute Gasteiger partial charge is 0.229 e. The fraction of sp³-hybridized carbons (Fsp3) is 0.538. The normalized spacial score (nSPS) is 24.8. The number of rotatable bonds is 2. The molecule has 1 saturated carbocycles. The SMILES string of the molecule is O=C(Nc1ncccc1O)C1CC12CCNCC2. The second-order valence-electron chi connectivity index (χ2n) is 5.23. The van der Waals surface area contributed by atoms with Crippen molar-refractivity contribution in [3.8, 4) is 5.75 Å². The maximum absolute atomic E-state index is 12.1. The van der Waals surface area contributed by atoms with Crippen LogP contribution in [0, 0.1) is 11.3 Å². The number of nitrogens with one attached hydrogen (secondary N) is 2. The van der Waals surface area contributed by atoms with Crippen molar-refractivity contribution < 1.29 is 9.90 Å². The predicted octanol–water partition coefficient (Wildman–Crippen LogP) is 1.12. The highest BCUT2D eigenvalue weighted by Crippen LogP contribution is 2.58. The van der Waals surface area contributed by atoms with Gasteiger partial charge in [0.15, 0.2) is 11.6 Å². The molecule has 1 aromatic rings. The van der Waals surface area contributed by atoms with Crippen LogP contribution in [0.5, 0.6) is 5.75 Å². The average molecular weight is 247 g/mol. The molecule has 1 spiro atoms. The first kappa shape index (κ1) is 11.5. The third kappa shape index (κ3) is 1.95. The van der Waals surface area contributed by atoms with Crippen LogP contribution in [0.4, 0.5) is 5.82 Å². The Morgan fingerprint density at radius 3 is 3.00 bits per heavy atom. The number of carbonyl (C=O) groups is 1. The van der Waals surface area contributed by atoms with Crippen molar-refractivity contribution in [2.45, 2.75) is 19.3 Å². The summed E-state index contributed by atoms with van der Waals surface area (Å²) in [5.74, 6) is 0.358. The summed E-state index contributed by atoms with van der Waals surface area (Å²) in [5.41, 5.74) is 0.208. The lowest BCUT2D eigenvalue weighted by Crippen LogP contribution is -2.31. The van der Waals surface area contributed by atoms with E-state index in [1.54, 1.807) is 12.3 Å². The summed E-state index contributed by atoms with van der Waals surface area (Å²) >= 11 is 0. The van der Waals surface area contributed by atoms with Crippen molar-refractivity contribution in [2.24, 2.45) is 11.3 Å². The first-order chi connectivity index (χ1) is 8.71. The molecular formula is C13H17N3O2. The molecule has 1 aromatic heterocycles. The van der Waals surface area contributed by atoms with Gasteiger partial charge in [-0.25, -0.2) is 4.98 Å². The van der Waals surface area contributed by atoms with Crippen molar-refractivity contribution >= 4 is 11.7 Å². The first-order valence-corrected chi connectivity index (χ1v) is 6.37. The molecule has 3 rings (SSSR count). The van der Waals surface area contributed by atoms with Gasteiger partial charge in [0.2, 0.25) is 5.91 Å². The molecule has 1 saturated heterocycles. The van der Waals surface area contributed by atoms with Crippen LogP contribution in [0.15, 0.2) is 18.3 Å². The molecule has 0 radical (unpaired) electrons. The van der Waals surface area contributed by atoms with Gasteiger partial charge in [-0.3, -0.25) is 4.79 Å². The molecule has 1 amide bonds. The standard InChI is InChI=1S/C13H17N3O2/c17-10-2-1-5-15-11(10)16-12(18)9-8-13(9)3-6-14-7-4-13/h1-2,5,9,14,17H,3-4,6-8H2,(H,15,16,18). The van der Waals surface area contributed by atoms with Crippen molar-refractivity contribution in [3.05, 3.63) is 18.3 Å². The number of hydrogen-bond donors (Lipinski definition) is 3. The number of aromatic hydroxyl groups is 1. The molecule has 2 heterocycles. The second-order valence-corrected chi connectivity index (χ2v) is 5.23. The summed E-state index contributed by atoms with van der Waals surface area (Å²) < 4.78 is 0. The molecule has 1 aliphatic carbocycles. The summed E-state index contributed by atoms with van der Waals surface area (Å²) in [4.78, 5) is 16.1. The number of aromatic nitrogens is 1. The highest BCUT2D eigenvalue weighted by Gasteiger charge is 2.57. The Morgan fingerprint density at radius 1 is 1.50 bits per heavy atom. The summed E-state index contributed by atoms with van der Waals surface area (Å²) in [7, 11) is 0. The van der Waals surface area contributed by atoms with Gasteiger partial charge in [0.05, 0.1) is 0 Å². The number of hydrogen-bond acceptors (Lipinski definition) is 4. The fourth-order valence-electron chi connectivity index (χ4n) is 2.89. The largest absolute Gasteiger partial charge is 0.504 e. The predicted molar refractivity (Wildman–Crippen MR) is 67.2 cm³/mol. The third-order valence-electron chi connectivity index (χ3n) is 4.13. The van der Waals surface area contributed by atoms with Gasteiger partial charge in [0.25, 0.3) is 0 Å². The molecule has 1 aliphatic heterocycles. The van der Waals surface area contributed by atoms with E-state index in [-0.39, 0.29) is 28.8 Å². The van der Waals surface area contributed by atoms with Gasteiger partial charge in [0.1, 0.15) is 0 Å². The van der Waals surface area contributed by atoms with Gasteiger partial charge in [-0.15, -0.1) is 0 Å². The van der Waals surface area contributed by atoms with Crippen LogP contribution < -0.4 is 10.6 Å². The zero-order valence-electron chi connectivity index (χ0n) is 10.1. The van der Waals surface area contributed by atoms with Crippen LogP contribution in [0.1, 0.15) is 19.3 Å². The first-order valence-electron chi connectivity index (χ1n) is 6.37. The lowest BCUT2D eigenvalue weighted by atomic mass is 9.92. The van der Waals surface area contributed by atoms with Crippen LogP contribution in [-0.2, 0) is 4.79 Å². The maximum atomic E-state index is 12.1. The van der Waals surface area contributed by atoms with Crippen molar-refractivity contribution in [1.82, 2.24) is 10.3 Å². The van der Waals surface area contributed by atoms with Crippen molar-refractivity contribution in [2.75, 3.05) is 18.4 Å². The summed E-state index contributed by atoms with van der Waals surface area (Å²) in [5, 5.41) is 15.6. The van der Waals surface area contributed by atoms with E-state index in [4.69, 9.17) is 0 Å². The number of amides is 1. The monoisotopic (exact) mass is 247 g/mol. The quantitative estimate of drug-likeness (QED) is 0.732. The van der Waals surface area contributed by atoms with Crippen LogP contribution in [0.25, 0.3) is 0 Å². The summed E-state index contributed by atoms with van der Waals surface area (Å²) in [6.07, 6.45) is 4.66. The van der Waals surface area contributed by atoms with E-state index in [1.807, 2.05) is 0 Å². The number of piperidine rings is 1. The lowest BCUT2D eigenvalue weighted by Gasteiger charge is -2.23. The third-order valence-corrected chi connectivity index (χ3v) is 4.13. The van der Waals surface area contributed by atoms with E-state index in [2.05, 4.69) is 15.6 Å². The van der Waals surface area contributed by atoms with Crippen LogP contribution in [-0.4, -0.2) is 29.1 Å². The van der Waals surface area contributed by atoms with Crippen molar-refractivity contribution in [1.29, 1.82) is 0 Å². The highest BCUT2D eigenvalue weighted by atomic mass is 16.3. The molecule has 5 heteroatoms. The number of nitrogens with zero attached hydrogens (tertiary/aromatic N) is 1. The van der Waals surface area contributed by atoms with Gasteiger partial charge in [-0.2, -0.15) is 0 Å². The maximum Gasteiger partial charge on any atom is 0.229 e. The molecule has 1 atom stereocenters. The van der Waals surface area contributed by atoms with E-state index in [1.165, 1.54) is 6.07 Å². The van der Waals surface area contributed by atoms with Crippen molar-refractivity contribution in [3.63, 3.8) is 0 Å². The Balaban J connectivity index is 1.65. The number of anilines is 1. The molecule has 2 fully saturated rings. The minimum Gasteiger partial charge on any atom is -0.504 e. The zero-order valence-corrected chi connectivity index (χ0v) is 10.1. The van der Waals surface area contributed by atoms with Gasteiger partial charge in [-0.05, 0) is 49.9 Å². The highest BCUT2D eigenvalue weighted by molar-refractivity contribution is 5.95. The van der Waals surface area contributed by atoms with Crippen LogP contribution >= 0.6 is 0 Å². The average Bonchev–Trinajstić information content (AvgIpc) is 3.07. The zero-order chi connectivity index (χ0) is 12.6. The van der Waals surface area contributed by atoms with E-state index in [9.17, 15) is 9.90 Å².